The SMILES string of the molecule is CCN=C/C(C(=O)OCC)=C(/O)c1cc(F)c(F)c(F)c1F. The van der Waals surface area contributed by atoms with E-state index >= 15 is 0 Å². The number of aliphatic imine (C=N–C) groups is 1. The van der Waals surface area contributed by atoms with Crippen LogP contribution in [-0.2, 0) is 9.53 Å². The largest absolute Gasteiger partial charge is 0.506 e. The topological polar surface area (TPSA) is 58.9 Å². The van der Waals surface area contributed by atoms with Gasteiger partial charge in [0.05, 0.1) is 12.2 Å². The Hall–Kier alpha value is -2.38. The number of hydrogen-bond donors (Lipinski definition) is 1. The summed E-state index contributed by atoms with van der Waals surface area (Å²) in [5.74, 6) is -9.84. The highest BCUT2D eigenvalue weighted by Gasteiger charge is 2.24. The van der Waals surface area contributed by atoms with Crippen LogP contribution in [0.4, 0.5) is 17.6 Å². The number of carbonyl (C=O) groups is 1. The van der Waals surface area contributed by atoms with Gasteiger partial charge in [0.15, 0.2) is 23.3 Å². The van der Waals surface area contributed by atoms with Crippen LogP contribution < -0.4 is 0 Å². The van der Waals surface area contributed by atoms with Gasteiger partial charge in [0, 0.05) is 12.8 Å². The summed E-state index contributed by atoms with van der Waals surface area (Å²) in [5, 5.41) is 9.92. The summed E-state index contributed by atoms with van der Waals surface area (Å²) >= 11 is 0. The second kappa shape index (κ2) is 7.58. The number of carbonyl (C=O) groups excluding carboxylic acids is 1. The number of benzene rings is 1. The maximum Gasteiger partial charge on any atom is 0.343 e. The van der Waals surface area contributed by atoms with Crippen molar-refractivity contribution in [2.45, 2.75) is 13.8 Å². The number of ether oxygens (including phenoxy) is 1. The molecule has 0 heterocycles. The fourth-order valence-corrected chi connectivity index (χ4v) is 1.49. The Morgan fingerprint density at radius 2 is 1.86 bits per heavy atom. The Kier molecular flexibility index (Phi) is 6.09. The van der Waals surface area contributed by atoms with Crippen LogP contribution in [0, 0.1) is 23.3 Å². The molecule has 1 aromatic carbocycles. The van der Waals surface area contributed by atoms with Crippen molar-refractivity contribution >= 4 is 17.9 Å². The fraction of sp³-hybridized carbons (Fsp3) is 0.286. The van der Waals surface area contributed by atoms with Gasteiger partial charge in [0.25, 0.3) is 0 Å². The lowest BCUT2D eigenvalue weighted by Gasteiger charge is -2.09. The van der Waals surface area contributed by atoms with E-state index in [-0.39, 0.29) is 19.2 Å². The van der Waals surface area contributed by atoms with Crippen molar-refractivity contribution in [3.8, 4) is 0 Å². The zero-order valence-electron chi connectivity index (χ0n) is 11.8. The first kappa shape index (κ1) is 17.7. The predicted octanol–water partition coefficient (Wildman–Crippen LogP) is 3.17. The highest BCUT2D eigenvalue weighted by atomic mass is 19.2. The van der Waals surface area contributed by atoms with Crippen LogP contribution in [0.15, 0.2) is 16.6 Å². The number of nitrogens with zero attached hydrogens (tertiary/aromatic N) is 1. The number of aliphatic hydroxyl groups excluding tert-OH is 1. The molecule has 0 unspecified atom stereocenters. The average Bonchev–Trinajstić information content (AvgIpc) is 2.49. The maximum atomic E-state index is 13.7. The number of rotatable bonds is 5. The highest BCUT2D eigenvalue weighted by Crippen LogP contribution is 2.25. The van der Waals surface area contributed by atoms with E-state index in [1.54, 1.807) is 6.92 Å². The summed E-state index contributed by atoms with van der Waals surface area (Å²) in [6, 6.07) is 0.238. The van der Waals surface area contributed by atoms with Crippen LogP contribution in [0.3, 0.4) is 0 Å². The third-order valence-electron chi connectivity index (χ3n) is 2.51. The monoisotopic (exact) mass is 319 g/mol. The maximum absolute atomic E-state index is 13.7. The standard InChI is InChI=1S/C14H13F4NO3/c1-3-19-6-8(14(21)22-4-2)13(20)7-5-9(15)11(17)12(18)10(7)16/h5-6,20H,3-4H2,1-2H3/b13-8-,19-6?. The Bertz CT molecular complexity index is 641. The van der Waals surface area contributed by atoms with E-state index in [0.29, 0.717) is 0 Å². The van der Waals surface area contributed by atoms with Crippen LogP contribution in [0.25, 0.3) is 5.76 Å². The lowest BCUT2D eigenvalue weighted by atomic mass is 10.1. The van der Waals surface area contributed by atoms with Gasteiger partial charge in [-0.3, -0.25) is 4.99 Å². The van der Waals surface area contributed by atoms with Gasteiger partial charge in [-0.05, 0) is 19.9 Å². The van der Waals surface area contributed by atoms with Crippen molar-refractivity contribution in [1.29, 1.82) is 0 Å². The van der Waals surface area contributed by atoms with Crippen molar-refractivity contribution in [3.05, 3.63) is 40.5 Å². The predicted molar refractivity (Wildman–Crippen MR) is 71.5 cm³/mol. The van der Waals surface area contributed by atoms with Gasteiger partial charge in [0.1, 0.15) is 11.3 Å². The summed E-state index contributed by atoms with van der Waals surface area (Å²) in [6.07, 6.45) is 0.881. The molecule has 0 aliphatic carbocycles. The summed E-state index contributed by atoms with van der Waals surface area (Å²) in [5.41, 5.74) is -1.62. The summed E-state index contributed by atoms with van der Waals surface area (Å²) < 4.78 is 57.6. The average molecular weight is 319 g/mol. The third-order valence-corrected chi connectivity index (χ3v) is 2.51. The van der Waals surface area contributed by atoms with Crippen LogP contribution in [0.5, 0.6) is 0 Å². The van der Waals surface area contributed by atoms with Gasteiger partial charge in [-0.2, -0.15) is 0 Å². The number of halogens is 4. The molecule has 0 aliphatic rings. The summed E-state index contributed by atoms with van der Waals surface area (Å²) in [6.45, 7) is 3.28. The smallest absolute Gasteiger partial charge is 0.343 e. The molecule has 1 aromatic rings. The molecule has 1 N–H and O–H groups in total. The van der Waals surface area contributed by atoms with Crippen LogP contribution in [0.2, 0.25) is 0 Å². The second-order valence-electron chi connectivity index (χ2n) is 3.96. The molecule has 0 amide bonds. The Balaban J connectivity index is 3.53. The van der Waals surface area contributed by atoms with Gasteiger partial charge in [-0.25, -0.2) is 22.4 Å². The van der Waals surface area contributed by atoms with Crippen molar-refractivity contribution in [2.75, 3.05) is 13.2 Å². The number of hydrogen-bond acceptors (Lipinski definition) is 4. The van der Waals surface area contributed by atoms with E-state index in [4.69, 9.17) is 0 Å². The molecule has 0 fully saturated rings. The van der Waals surface area contributed by atoms with Crippen LogP contribution in [0.1, 0.15) is 19.4 Å². The van der Waals surface area contributed by atoms with Gasteiger partial charge >= 0.3 is 5.97 Å². The van der Waals surface area contributed by atoms with Crippen LogP contribution >= 0.6 is 0 Å². The Labute approximate surface area is 123 Å². The zero-order chi connectivity index (χ0) is 16.9. The van der Waals surface area contributed by atoms with E-state index in [2.05, 4.69) is 9.73 Å². The quantitative estimate of drug-likeness (QED) is 0.172. The minimum Gasteiger partial charge on any atom is -0.506 e. The van der Waals surface area contributed by atoms with E-state index in [1.807, 2.05) is 0 Å². The molecule has 0 bridgehead atoms. The van der Waals surface area contributed by atoms with Gasteiger partial charge < -0.3 is 9.84 Å². The molecule has 0 saturated heterocycles. The number of aliphatic hydroxyl groups is 1. The summed E-state index contributed by atoms with van der Waals surface area (Å²) in [7, 11) is 0. The normalized spacial score (nSPS) is 12.5. The second-order valence-corrected chi connectivity index (χ2v) is 3.96. The molecule has 22 heavy (non-hydrogen) atoms. The van der Waals surface area contributed by atoms with Gasteiger partial charge in [-0.1, -0.05) is 0 Å². The Morgan fingerprint density at radius 1 is 1.23 bits per heavy atom. The van der Waals surface area contributed by atoms with Crippen molar-refractivity contribution in [3.63, 3.8) is 0 Å². The van der Waals surface area contributed by atoms with Crippen LogP contribution in [-0.4, -0.2) is 30.4 Å². The first-order valence-electron chi connectivity index (χ1n) is 6.28. The molecular weight excluding hydrogens is 306 g/mol. The zero-order valence-corrected chi connectivity index (χ0v) is 11.8. The summed E-state index contributed by atoms with van der Waals surface area (Å²) in [4.78, 5) is 15.4. The molecule has 0 atom stereocenters. The van der Waals surface area contributed by atoms with E-state index < -0.39 is 46.1 Å². The fourth-order valence-electron chi connectivity index (χ4n) is 1.49. The Morgan fingerprint density at radius 3 is 2.41 bits per heavy atom. The first-order valence-corrected chi connectivity index (χ1v) is 6.28. The molecule has 0 saturated carbocycles. The molecule has 0 aromatic heterocycles. The van der Waals surface area contributed by atoms with E-state index in [9.17, 15) is 27.5 Å². The lowest BCUT2D eigenvalue weighted by molar-refractivity contribution is -0.137. The first-order chi connectivity index (χ1) is 10.3. The third kappa shape index (κ3) is 3.63. The lowest BCUT2D eigenvalue weighted by Crippen LogP contribution is -2.13. The van der Waals surface area contributed by atoms with E-state index in [0.717, 1.165) is 6.21 Å². The molecule has 0 spiro atoms. The molecule has 0 radical (unpaired) electrons. The molecule has 120 valence electrons. The van der Waals surface area contributed by atoms with Gasteiger partial charge in [-0.15, -0.1) is 0 Å². The van der Waals surface area contributed by atoms with Crippen molar-refractivity contribution in [1.82, 2.24) is 0 Å². The molecule has 8 heteroatoms. The minimum absolute atomic E-state index is 0.0514. The molecule has 0 aliphatic heterocycles. The number of esters is 1. The molecule has 4 nitrogen and oxygen atoms in total. The minimum atomic E-state index is -2.10. The van der Waals surface area contributed by atoms with E-state index in [1.165, 1.54) is 6.92 Å². The highest BCUT2D eigenvalue weighted by molar-refractivity contribution is 6.15. The van der Waals surface area contributed by atoms with Gasteiger partial charge in [0.2, 0.25) is 0 Å². The van der Waals surface area contributed by atoms with Crippen molar-refractivity contribution < 1.29 is 32.2 Å². The molecule has 1 rings (SSSR count). The molecular formula is C14H13F4NO3. The van der Waals surface area contributed by atoms with Crippen molar-refractivity contribution in [2.24, 2.45) is 4.99 Å².